The quantitative estimate of drug-likeness (QED) is 0.847. The Morgan fingerprint density at radius 3 is 2.75 bits per heavy atom. The van der Waals surface area contributed by atoms with Gasteiger partial charge in [0.15, 0.2) is 0 Å². The average Bonchev–Trinajstić information content (AvgIpc) is 2.60. The lowest BCUT2D eigenvalue weighted by atomic mass is 10.1. The van der Waals surface area contributed by atoms with E-state index in [4.69, 9.17) is 5.73 Å². The Balaban J connectivity index is 2.34. The minimum Gasteiger partial charge on any atom is -0.382 e. The molecular formula is C11H11F2N3. The molecule has 1 aromatic heterocycles. The van der Waals surface area contributed by atoms with E-state index in [9.17, 15) is 8.78 Å². The number of aromatic nitrogens is 2. The number of hydrogen-bond donors (Lipinski definition) is 1. The maximum Gasteiger partial charge on any atom is 0.141 e. The Morgan fingerprint density at radius 2 is 2.12 bits per heavy atom. The van der Waals surface area contributed by atoms with E-state index in [0.717, 1.165) is 0 Å². The fraction of sp³-hybridized carbons (Fsp3) is 0.182. The second-order valence-electron chi connectivity index (χ2n) is 3.67. The number of anilines is 1. The molecule has 0 amide bonds. The SMILES string of the molecule is Cc1cc(F)cc(Cn2cnc(N)c2)c1F. The van der Waals surface area contributed by atoms with Gasteiger partial charge in [0.05, 0.1) is 12.9 Å². The number of nitrogen functional groups attached to an aromatic ring is 1. The molecule has 84 valence electrons. The Morgan fingerprint density at radius 1 is 1.38 bits per heavy atom. The van der Waals surface area contributed by atoms with Gasteiger partial charge < -0.3 is 10.3 Å². The molecule has 2 N–H and O–H groups in total. The summed E-state index contributed by atoms with van der Waals surface area (Å²) < 4.78 is 28.3. The molecule has 0 aliphatic rings. The molecule has 0 radical (unpaired) electrons. The minimum atomic E-state index is -0.443. The van der Waals surface area contributed by atoms with Crippen LogP contribution in [0, 0.1) is 18.6 Å². The molecule has 1 aromatic carbocycles. The molecular weight excluding hydrogens is 212 g/mol. The molecule has 0 saturated carbocycles. The largest absolute Gasteiger partial charge is 0.382 e. The molecule has 0 atom stereocenters. The molecule has 0 aliphatic heterocycles. The van der Waals surface area contributed by atoms with Gasteiger partial charge in [-0.05, 0) is 24.6 Å². The highest BCUT2D eigenvalue weighted by Crippen LogP contribution is 2.16. The molecule has 3 nitrogen and oxygen atoms in total. The third kappa shape index (κ3) is 2.03. The van der Waals surface area contributed by atoms with Gasteiger partial charge in [0.2, 0.25) is 0 Å². The van der Waals surface area contributed by atoms with Gasteiger partial charge in [-0.3, -0.25) is 0 Å². The van der Waals surface area contributed by atoms with Gasteiger partial charge in [-0.1, -0.05) is 0 Å². The lowest BCUT2D eigenvalue weighted by molar-refractivity contribution is 0.569. The van der Waals surface area contributed by atoms with Crippen molar-refractivity contribution >= 4 is 5.82 Å². The van der Waals surface area contributed by atoms with Crippen molar-refractivity contribution in [2.24, 2.45) is 0 Å². The van der Waals surface area contributed by atoms with Crippen molar-refractivity contribution in [3.8, 4) is 0 Å². The van der Waals surface area contributed by atoms with Gasteiger partial charge in [0.25, 0.3) is 0 Å². The van der Waals surface area contributed by atoms with Crippen LogP contribution in [0.15, 0.2) is 24.7 Å². The normalized spacial score (nSPS) is 10.7. The smallest absolute Gasteiger partial charge is 0.141 e. The molecule has 2 aromatic rings. The number of benzene rings is 1. The summed E-state index contributed by atoms with van der Waals surface area (Å²) in [7, 11) is 0. The van der Waals surface area contributed by atoms with Crippen LogP contribution in [0.3, 0.4) is 0 Å². The molecule has 0 spiro atoms. The zero-order valence-electron chi connectivity index (χ0n) is 8.74. The van der Waals surface area contributed by atoms with Crippen molar-refractivity contribution in [2.75, 3.05) is 5.73 Å². The van der Waals surface area contributed by atoms with E-state index in [1.165, 1.54) is 25.4 Å². The van der Waals surface area contributed by atoms with Crippen LogP contribution < -0.4 is 5.73 Å². The topological polar surface area (TPSA) is 43.8 Å². The van der Waals surface area contributed by atoms with Crippen LogP contribution >= 0.6 is 0 Å². The van der Waals surface area contributed by atoms with Gasteiger partial charge in [-0.2, -0.15) is 0 Å². The fourth-order valence-corrected chi connectivity index (χ4v) is 1.57. The Kier molecular flexibility index (Phi) is 2.60. The highest BCUT2D eigenvalue weighted by molar-refractivity contribution is 5.28. The summed E-state index contributed by atoms with van der Waals surface area (Å²) in [6.45, 7) is 1.75. The lowest BCUT2D eigenvalue weighted by Gasteiger charge is -2.06. The highest BCUT2D eigenvalue weighted by Gasteiger charge is 2.08. The third-order valence-electron chi connectivity index (χ3n) is 2.30. The number of rotatable bonds is 2. The third-order valence-corrected chi connectivity index (χ3v) is 2.30. The van der Waals surface area contributed by atoms with E-state index in [0.29, 0.717) is 11.4 Å². The minimum absolute atomic E-state index is 0.217. The van der Waals surface area contributed by atoms with Gasteiger partial charge in [0.1, 0.15) is 17.5 Å². The first-order chi connectivity index (χ1) is 7.56. The van der Waals surface area contributed by atoms with E-state index in [1.54, 1.807) is 10.8 Å². The molecule has 2 rings (SSSR count). The molecule has 0 unspecified atom stereocenters. The number of hydrogen-bond acceptors (Lipinski definition) is 2. The van der Waals surface area contributed by atoms with Gasteiger partial charge in [-0.15, -0.1) is 0 Å². The molecule has 16 heavy (non-hydrogen) atoms. The predicted octanol–water partition coefficient (Wildman–Crippen LogP) is 2.10. The summed E-state index contributed by atoms with van der Waals surface area (Å²) in [6.07, 6.45) is 3.05. The summed E-state index contributed by atoms with van der Waals surface area (Å²) in [6, 6.07) is 2.35. The summed E-state index contributed by atoms with van der Waals surface area (Å²) in [4.78, 5) is 3.81. The summed E-state index contributed by atoms with van der Waals surface area (Å²) >= 11 is 0. The average molecular weight is 223 g/mol. The van der Waals surface area contributed by atoms with Crippen molar-refractivity contribution in [1.82, 2.24) is 9.55 Å². The summed E-state index contributed by atoms with van der Waals surface area (Å²) in [5.74, 6) is -0.482. The number of imidazole rings is 1. The second-order valence-corrected chi connectivity index (χ2v) is 3.67. The summed E-state index contributed by atoms with van der Waals surface area (Å²) in [5.41, 5.74) is 6.01. The van der Waals surface area contributed by atoms with Gasteiger partial charge >= 0.3 is 0 Å². The van der Waals surface area contributed by atoms with E-state index in [1.807, 2.05) is 0 Å². The van der Waals surface area contributed by atoms with Crippen LogP contribution in [0.25, 0.3) is 0 Å². The molecule has 0 bridgehead atoms. The summed E-state index contributed by atoms with van der Waals surface area (Å²) in [5, 5.41) is 0. The maximum atomic E-state index is 13.6. The van der Waals surface area contributed by atoms with Crippen molar-refractivity contribution in [3.63, 3.8) is 0 Å². The lowest BCUT2D eigenvalue weighted by Crippen LogP contribution is -2.02. The highest BCUT2D eigenvalue weighted by atomic mass is 19.1. The monoisotopic (exact) mass is 223 g/mol. The Bertz CT molecular complexity index is 520. The zero-order chi connectivity index (χ0) is 11.7. The second kappa shape index (κ2) is 3.92. The fourth-order valence-electron chi connectivity index (χ4n) is 1.57. The molecule has 0 fully saturated rings. The Hall–Kier alpha value is -1.91. The van der Waals surface area contributed by atoms with Gasteiger partial charge in [0, 0.05) is 11.8 Å². The van der Waals surface area contributed by atoms with Crippen molar-refractivity contribution in [1.29, 1.82) is 0 Å². The van der Waals surface area contributed by atoms with Crippen molar-refractivity contribution < 1.29 is 8.78 Å². The Labute approximate surface area is 91.5 Å². The number of halogens is 2. The van der Waals surface area contributed by atoms with E-state index >= 15 is 0 Å². The maximum absolute atomic E-state index is 13.6. The standard InChI is InChI=1S/C11H11F2N3/c1-7-2-9(12)3-8(11(7)13)4-16-5-10(14)15-6-16/h2-3,5-6H,4,14H2,1H3. The molecule has 0 aliphatic carbocycles. The van der Waals surface area contributed by atoms with Crippen LogP contribution in [-0.4, -0.2) is 9.55 Å². The number of aryl methyl sites for hydroxylation is 1. The van der Waals surface area contributed by atoms with Crippen LogP contribution in [0.5, 0.6) is 0 Å². The predicted molar refractivity (Wildman–Crippen MR) is 56.8 cm³/mol. The van der Waals surface area contributed by atoms with E-state index < -0.39 is 11.6 Å². The van der Waals surface area contributed by atoms with Crippen LogP contribution in [0.2, 0.25) is 0 Å². The van der Waals surface area contributed by atoms with Crippen LogP contribution in [0.4, 0.5) is 14.6 Å². The van der Waals surface area contributed by atoms with E-state index in [-0.39, 0.29) is 12.1 Å². The van der Waals surface area contributed by atoms with E-state index in [2.05, 4.69) is 4.98 Å². The van der Waals surface area contributed by atoms with Crippen LogP contribution in [0.1, 0.15) is 11.1 Å². The first-order valence-electron chi connectivity index (χ1n) is 4.78. The number of nitrogens with two attached hydrogens (primary N) is 1. The first kappa shape index (κ1) is 10.6. The molecule has 0 saturated heterocycles. The van der Waals surface area contributed by atoms with Gasteiger partial charge in [-0.25, -0.2) is 13.8 Å². The number of nitrogens with zero attached hydrogens (tertiary/aromatic N) is 2. The van der Waals surface area contributed by atoms with Crippen LogP contribution in [-0.2, 0) is 6.54 Å². The molecule has 1 heterocycles. The zero-order valence-corrected chi connectivity index (χ0v) is 8.74. The van der Waals surface area contributed by atoms with Crippen molar-refractivity contribution in [2.45, 2.75) is 13.5 Å². The van der Waals surface area contributed by atoms with Crippen molar-refractivity contribution in [3.05, 3.63) is 47.4 Å². The molecule has 5 heteroatoms. The first-order valence-corrected chi connectivity index (χ1v) is 4.78.